The van der Waals surface area contributed by atoms with Crippen molar-refractivity contribution >= 4 is 63.8 Å². The van der Waals surface area contributed by atoms with Gasteiger partial charge in [0.25, 0.3) is 5.91 Å². The molecule has 47 heavy (non-hydrogen) atoms. The van der Waals surface area contributed by atoms with Gasteiger partial charge in [-0.1, -0.05) is 11.6 Å². The molecule has 0 aromatic heterocycles. The highest BCUT2D eigenvalue weighted by atomic mass is 35.5. The van der Waals surface area contributed by atoms with E-state index >= 15 is 0 Å². The van der Waals surface area contributed by atoms with Crippen LogP contribution < -0.4 is 19.9 Å². The zero-order valence-corrected chi connectivity index (χ0v) is 27.9. The highest BCUT2D eigenvalue weighted by molar-refractivity contribution is 7.80. The maximum absolute atomic E-state index is 13.9. The molecule has 10 nitrogen and oxygen atoms in total. The molecule has 1 atom stereocenters. The normalized spacial score (nSPS) is 16.9. The summed E-state index contributed by atoms with van der Waals surface area (Å²) in [5.41, 5.74) is 2.35. The van der Waals surface area contributed by atoms with Crippen LogP contribution in [-0.2, 0) is 14.3 Å². The summed E-state index contributed by atoms with van der Waals surface area (Å²) in [4.78, 5) is 46.9. The van der Waals surface area contributed by atoms with Crippen LogP contribution in [-0.4, -0.2) is 91.7 Å². The summed E-state index contributed by atoms with van der Waals surface area (Å²) in [5.74, 6) is -0.919. The first-order chi connectivity index (χ1) is 22.7. The molecule has 2 aliphatic rings. The molecule has 0 radical (unpaired) electrons. The summed E-state index contributed by atoms with van der Waals surface area (Å²) in [6, 6.07) is 17.1. The molecule has 1 unspecified atom stereocenters. The molecule has 3 aromatic rings. The predicted molar refractivity (Wildman–Crippen MR) is 184 cm³/mol. The number of ether oxygens (including phenoxy) is 2. The molecular formula is C34H37ClFN5O5S. The lowest BCUT2D eigenvalue weighted by atomic mass is 10.1. The number of anilines is 3. The van der Waals surface area contributed by atoms with E-state index in [1.165, 1.54) is 24.1 Å². The number of halogens is 2. The lowest BCUT2D eigenvalue weighted by Crippen LogP contribution is -2.47. The standard InChI is InChI=1S/C34H37ClFN5O5S/c1-3-46-33(44)23-5-9-25(10-6-23)37-31(42)22-29-32(43)41(27-13-14-30(45-2)28(35)21-27)34(47)40(29)16-4-15-38-17-19-39(20-18-38)26-11-7-24(36)8-12-26/h5-14,21,29H,3-4,15-20,22H2,1-2H3,(H,37,42). The Balaban J connectivity index is 1.24. The Labute approximate surface area is 284 Å². The molecule has 248 valence electrons. The molecule has 2 saturated heterocycles. The Bertz CT molecular complexity index is 1600. The maximum atomic E-state index is 13.9. The first-order valence-electron chi connectivity index (χ1n) is 15.5. The topological polar surface area (TPSA) is 94.7 Å². The van der Waals surface area contributed by atoms with Crippen LogP contribution in [0.15, 0.2) is 66.7 Å². The highest BCUT2D eigenvalue weighted by Crippen LogP contribution is 2.33. The largest absolute Gasteiger partial charge is 0.495 e. The van der Waals surface area contributed by atoms with Crippen LogP contribution in [0.1, 0.15) is 30.1 Å². The summed E-state index contributed by atoms with van der Waals surface area (Å²) < 4.78 is 23.6. The molecule has 0 aliphatic carbocycles. The van der Waals surface area contributed by atoms with E-state index in [4.69, 9.17) is 33.3 Å². The number of amides is 2. The number of nitrogens with zero attached hydrogens (tertiary/aromatic N) is 4. The van der Waals surface area contributed by atoms with Gasteiger partial charge in [-0.25, -0.2) is 9.18 Å². The van der Waals surface area contributed by atoms with E-state index in [0.717, 1.165) is 38.4 Å². The molecule has 5 rings (SSSR count). The third-order valence-electron chi connectivity index (χ3n) is 8.21. The maximum Gasteiger partial charge on any atom is 0.338 e. The number of esters is 1. The number of carbonyl (C=O) groups excluding carboxylic acids is 3. The van der Waals surface area contributed by atoms with Gasteiger partial charge in [-0.15, -0.1) is 0 Å². The van der Waals surface area contributed by atoms with E-state index in [2.05, 4.69) is 15.1 Å². The number of hydrogen-bond acceptors (Lipinski definition) is 8. The average molecular weight is 682 g/mol. The van der Waals surface area contributed by atoms with Crippen molar-refractivity contribution < 1.29 is 28.2 Å². The molecule has 2 fully saturated rings. The Morgan fingerprint density at radius 1 is 0.979 bits per heavy atom. The third-order valence-corrected chi connectivity index (χ3v) is 8.92. The summed E-state index contributed by atoms with van der Waals surface area (Å²) in [7, 11) is 1.51. The summed E-state index contributed by atoms with van der Waals surface area (Å²) in [6.45, 7) is 6.58. The van der Waals surface area contributed by atoms with E-state index in [1.807, 2.05) is 4.90 Å². The van der Waals surface area contributed by atoms with Crippen LogP contribution in [0.3, 0.4) is 0 Å². The Hall–Kier alpha value is -4.26. The SMILES string of the molecule is CCOC(=O)c1ccc(NC(=O)CC2C(=O)N(c3ccc(OC)c(Cl)c3)C(=S)N2CCCN2CCN(c3ccc(F)cc3)CC2)cc1. The summed E-state index contributed by atoms with van der Waals surface area (Å²) in [6.07, 6.45) is 0.587. The first kappa shape index (κ1) is 34.1. The molecule has 3 aromatic carbocycles. The first-order valence-corrected chi connectivity index (χ1v) is 16.2. The molecule has 2 amide bonds. The van der Waals surface area contributed by atoms with Gasteiger partial charge < -0.3 is 24.6 Å². The number of methoxy groups -OCH3 is 1. The minimum absolute atomic E-state index is 0.130. The van der Waals surface area contributed by atoms with Gasteiger partial charge in [-0.3, -0.25) is 19.4 Å². The number of rotatable bonds is 12. The summed E-state index contributed by atoms with van der Waals surface area (Å²) >= 11 is 12.2. The van der Waals surface area contributed by atoms with E-state index in [1.54, 1.807) is 61.5 Å². The number of piperazine rings is 1. The van der Waals surface area contributed by atoms with Crippen LogP contribution in [0.5, 0.6) is 5.75 Å². The number of benzene rings is 3. The number of carbonyl (C=O) groups is 3. The number of thiocarbonyl (C=S) groups is 1. The Kier molecular flexibility index (Phi) is 11.3. The average Bonchev–Trinajstić information content (AvgIpc) is 3.29. The van der Waals surface area contributed by atoms with Crippen LogP contribution in [0.4, 0.5) is 21.5 Å². The van der Waals surface area contributed by atoms with E-state index in [0.29, 0.717) is 45.8 Å². The van der Waals surface area contributed by atoms with Gasteiger partial charge in [0.15, 0.2) is 5.11 Å². The van der Waals surface area contributed by atoms with Gasteiger partial charge in [0, 0.05) is 44.1 Å². The minimum Gasteiger partial charge on any atom is -0.495 e. The molecule has 0 saturated carbocycles. The van der Waals surface area contributed by atoms with Gasteiger partial charge in [-0.2, -0.15) is 0 Å². The van der Waals surface area contributed by atoms with E-state index < -0.39 is 12.0 Å². The number of nitrogens with one attached hydrogen (secondary N) is 1. The molecule has 0 spiro atoms. The quantitative estimate of drug-likeness (QED) is 0.204. The molecule has 13 heteroatoms. The second kappa shape index (κ2) is 15.6. The van der Waals surface area contributed by atoms with Gasteiger partial charge >= 0.3 is 5.97 Å². The van der Waals surface area contributed by atoms with Crippen molar-refractivity contribution in [1.82, 2.24) is 9.80 Å². The molecule has 0 bridgehead atoms. The highest BCUT2D eigenvalue weighted by Gasteiger charge is 2.44. The number of hydrogen-bond donors (Lipinski definition) is 1. The Morgan fingerprint density at radius 2 is 1.66 bits per heavy atom. The second-order valence-corrected chi connectivity index (χ2v) is 12.0. The minimum atomic E-state index is -0.822. The zero-order valence-electron chi connectivity index (χ0n) is 26.3. The third kappa shape index (κ3) is 8.19. The van der Waals surface area contributed by atoms with Crippen LogP contribution in [0.2, 0.25) is 5.02 Å². The summed E-state index contributed by atoms with van der Waals surface area (Å²) in [5, 5.41) is 3.46. The van der Waals surface area contributed by atoms with E-state index in [9.17, 15) is 18.8 Å². The van der Waals surface area contributed by atoms with Crippen LogP contribution in [0, 0.1) is 5.82 Å². The molecule has 2 heterocycles. The van der Waals surface area contributed by atoms with Gasteiger partial charge in [0.1, 0.15) is 17.6 Å². The second-order valence-electron chi connectivity index (χ2n) is 11.2. The molecular weight excluding hydrogens is 645 g/mol. The van der Waals surface area contributed by atoms with Gasteiger partial charge in [-0.05, 0) is 98.8 Å². The predicted octanol–water partition coefficient (Wildman–Crippen LogP) is 5.21. The van der Waals surface area contributed by atoms with Crippen molar-refractivity contribution in [2.45, 2.75) is 25.8 Å². The Morgan fingerprint density at radius 3 is 2.30 bits per heavy atom. The fraction of sp³-hybridized carbons (Fsp3) is 0.353. The van der Waals surface area contributed by atoms with Crippen LogP contribution in [0.25, 0.3) is 0 Å². The zero-order chi connectivity index (χ0) is 33.5. The molecule has 2 aliphatic heterocycles. The van der Waals surface area contributed by atoms with Gasteiger partial charge in [0.05, 0.1) is 36.4 Å². The van der Waals surface area contributed by atoms with Crippen molar-refractivity contribution in [1.29, 1.82) is 0 Å². The van der Waals surface area contributed by atoms with E-state index in [-0.39, 0.29) is 30.7 Å². The van der Waals surface area contributed by atoms with Crippen molar-refractivity contribution in [3.8, 4) is 5.75 Å². The van der Waals surface area contributed by atoms with Crippen molar-refractivity contribution in [3.05, 3.63) is 83.1 Å². The van der Waals surface area contributed by atoms with Crippen molar-refractivity contribution in [2.24, 2.45) is 0 Å². The van der Waals surface area contributed by atoms with Crippen molar-refractivity contribution in [3.63, 3.8) is 0 Å². The fourth-order valence-corrected chi connectivity index (χ4v) is 6.42. The molecule has 1 N–H and O–H groups in total. The van der Waals surface area contributed by atoms with Gasteiger partial charge in [0.2, 0.25) is 5.91 Å². The van der Waals surface area contributed by atoms with Crippen LogP contribution >= 0.6 is 23.8 Å². The van der Waals surface area contributed by atoms with Crippen molar-refractivity contribution in [2.75, 3.05) is 68.1 Å². The lowest BCUT2D eigenvalue weighted by Gasteiger charge is -2.36. The monoisotopic (exact) mass is 681 g/mol. The fourth-order valence-electron chi connectivity index (χ4n) is 5.76. The lowest BCUT2D eigenvalue weighted by molar-refractivity contribution is -0.124. The smallest absolute Gasteiger partial charge is 0.338 e.